The minimum absolute atomic E-state index is 0.179. The summed E-state index contributed by atoms with van der Waals surface area (Å²) in [4.78, 5) is 2.40. The standard InChI is InChI=1S/C51H37N/c1-51(2)49-31-40(29-30-45(49)48-32-46-43-19-11-9-17-41(43)42-18-10-12-20-44(42)47(46)33-50(48)51)52(38-25-21-36(22-26-38)34-13-5-3-6-14-34)39-27-23-37(24-28-39)35-15-7-4-8-16-35/h3-33H,1-2H3. The summed E-state index contributed by atoms with van der Waals surface area (Å²) in [5.74, 6) is 0. The van der Waals surface area contributed by atoms with E-state index in [1.807, 2.05) is 0 Å². The molecular formula is C51H37N. The molecule has 0 N–H and O–H groups in total. The molecule has 1 nitrogen and oxygen atoms in total. The van der Waals surface area contributed by atoms with Crippen molar-refractivity contribution in [2.45, 2.75) is 19.3 Å². The molecule has 1 heteroatoms. The van der Waals surface area contributed by atoms with Crippen LogP contribution in [-0.2, 0) is 5.41 Å². The second-order valence-corrected chi connectivity index (χ2v) is 14.6. The molecular weight excluding hydrogens is 627 g/mol. The molecule has 1 aliphatic rings. The van der Waals surface area contributed by atoms with Gasteiger partial charge >= 0.3 is 0 Å². The smallest absolute Gasteiger partial charge is 0.0465 e. The van der Waals surface area contributed by atoms with Crippen molar-refractivity contribution >= 4 is 49.4 Å². The highest BCUT2D eigenvalue weighted by Crippen LogP contribution is 2.53. The van der Waals surface area contributed by atoms with E-state index >= 15 is 0 Å². The maximum Gasteiger partial charge on any atom is 0.0465 e. The third-order valence-corrected chi connectivity index (χ3v) is 11.2. The van der Waals surface area contributed by atoms with E-state index in [2.05, 4.69) is 207 Å². The van der Waals surface area contributed by atoms with Gasteiger partial charge in [0.05, 0.1) is 0 Å². The van der Waals surface area contributed by atoms with Crippen LogP contribution < -0.4 is 4.90 Å². The molecule has 0 radical (unpaired) electrons. The third-order valence-electron chi connectivity index (χ3n) is 11.2. The Balaban J connectivity index is 1.13. The van der Waals surface area contributed by atoms with Crippen LogP contribution in [0, 0.1) is 0 Å². The summed E-state index contributed by atoms with van der Waals surface area (Å²) in [6.45, 7) is 4.79. The predicted octanol–water partition coefficient (Wildman–Crippen LogP) is 14.3. The highest BCUT2D eigenvalue weighted by atomic mass is 15.1. The minimum atomic E-state index is -0.179. The summed E-state index contributed by atoms with van der Waals surface area (Å²) in [6, 6.07) is 69.0. The van der Waals surface area contributed by atoms with E-state index in [9.17, 15) is 0 Å². The second kappa shape index (κ2) is 11.8. The Kier molecular flexibility index (Phi) is 6.91. The lowest BCUT2D eigenvalue weighted by molar-refractivity contribution is 0.661. The lowest BCUT2D eigenvalue weighted by atomic mass is 9.81. The number of nitrogens with zero attached hydrogens (tertiary/aromatic N) is 1. The number of benzene rings is 9. The van der Waals surface area contributed by atoms with E-state index in [0.29, 0.717) is 0 Å². The van der Waals surface area contributed by atoms with Gasteiger partial charge in [0.15, 0.2) is 0 Å². The molecule has 52 heavy (non-hydrogen) atoms. The average molecular weight is 664 g/mol. The number of hydrogen-bond donors (Lipinski definition) is 0. The number of anilines is 3. The Bertz CT molecular complexity index is 2690. The molecule has 9 aromatic rings. The normalized spacial score (nSPS) is 13.0. The van der Waals surface area contributed by atoms with Gasteiger partial charge in [-0.1, -0.05) is 153 Å². The van der Waals surface area contributed by atoms with Crippen molar-refractivity contribution in [3.05, 3.63) is 199 Å². The van der Waals surface area contributed by atoms with Crippen LogP contribution in [0.5, 0.6) is 0 Å². The summed E-state index contributed by atoms with van der Waals surface area (Å²) in [5, 5.41) is 7.90. The van der Waals surface area contributed by atoms with Gasteiger partial charge in [-0.25, -0.2) is 0 Å². The quantitative estimate of drug-likeness (QED) is 0.166. The topological polar surface area (TPSA) is 3.24 Å². The van der Waals surface area contributed by atoms with Crippen LogP contribution in [0.25, 0.3) is 65.7 Å². The first kappa shape index (κ1) is 30.4. The molecule has 0 amide bonds. The summed E-state index contributed by atoms with van der Waals surface area (Å²) in [5.41, 5.74) is 13.5. The van der Waals surface area contributed by atoms with Crippen molar-refractivity contribution < 1.29 is 0 Å². The summed E-state index contributed by atoms with van der Waals surface area (Å²) >= 11 is 0. The van der Waals surface area contributed by atoms with Gasteiger partial charge in [0, 0.05) is 22.5 Å². The fourth-order valence-corrected chi connectivity index (χ4v) is 8.57. The van der Waals surface area contributed by atoms with E-state index < -0.39 is 0 Å². The van der Waals surface area contributed by atoms with Gasteiger partial charge in [0.1, 0.15) is 0 Å². The van der Waals surface area contributed by atoms with Crippen LogP contribution in [0.15, 0.2) is 188 Å². The molecule has 0 aliphatic heterocycles. The zero-order chi connectivity index (χ0) is 34.8. The molecule has 0 aromatic heterocycles. The number of rotatable bonds is 5. The summed E-state index contributed by atoms with van der Waals surface area (Å²) in [6.07, 6.45) is 0. The van der Waals surface area contributed by atoms with Crippen LogP contribution in [0.2, 0.25) is 0 Å². The first-order chi connectivity index (χ1) is 25.5. The van der Waals surface area contributed by atoms with Crippen molar-refractivity contribution in [3.63, 3.8) is 0 Å². The molecule has 246 valence electrons. The molecule has 0 bridgehead atoms. The predicted molar refractivity (Wildman–Crippen MR) is 222 cm³/mol. The lowest BCUT2D eigenvalue weighted by Crippen LogP contribution is -2.16. The molecule has 0 unspecified atom stereocenters. The molecule has 0 heterocycles. The average Bonchev–Trinajstić information content (AvgIpc) is 3.43. The van der Waals surface area contributed by atoms with E-state index in [1.54, 1.807) is 0 Å². The first-order valence-electron chi connectivity index (χ1n) is 18.2. The lowest BCUT2D eigenvalue weighted by Gasteiger charge is -2.28. The van der Waals surface area contributed by atoms with E-state index in [0.717, 1.165) is 17.1 Å². The summed E-state index contributed by atoms with van der Waals surface area (Å²) in [7, 11) is 0. The third kappa shape index (κ3) is 4.77. The molecule has 0 atom stereocenters. The molecule has 0 saturated heterocycles. The molecule has 0 fully saturated rings. The first-order valence-corrected chi connectivity index (χ1v) is 18.2. The molecule has 1 aliphatic carbocycles. The highest BCUT2D eigenvalue weighted by Gasteiger charge is 2.37. The maximum absolute atomic E-state index is 2.49. The Morgan fingerprint density at radius 1 is 0.308 bits per heavy atom. The van der Waals surface area contributed by atoms with Gasteiger partial charge < -0.3 is 4.90 Å². The minimum Gasteiger partial charge on any atom is -0.310 e. The van der Waals surface area contributed by atoms with Gasteiger partial charge in [-0.3, -0.25) is 0 Å². The largest absolute Gasteiger partial charge is 0.310 e. The van der Waals surface area contributed by atoms with Crippen molar-refractivity contribution in [1.29, 1.82) is 0 Å². The zero-order valence-corrected chi connectivity index (χ0v) is 29.3. The van der Waals surface area contributed by atoms with E-state index in [-0.39, 0.29) is 5.41 Å². The maximum atomic E-state index is 2.49. The Morgan fingerprint density at radius 3 is 1.19 bits per heavy atom. The van der Waals surface area contributed by atoms with Crippen molar-refractivity contribution in [2.24, 2.45) is 0 Å². The van der Waals surface area contributed by atoms with Gasteiger partial charge in [0.25, 0.3) is 0 Å². The van der Waals surface area contributed by atoms with Crippen LogP contribution in [0.3, 0.4) is 0 Å². The Hall–Kier alpha value is -6.44. The van der Waals surface area contributed by atoms with Gasteiger partial charge in [-0.15, -0.1) is 0 Å². The molecule has 0 spiro atoms. The SMILES string of the molecule is CC1(C)c2cc(N(c3ccc(-c4ccccc4)cc3)c3ccc(-c4ccccc4)cc3)ccc2-c2cc3c4ccccc4c4ccccc4c3cc21. The zero-order valence-electron chi connectivity index (χ0n) is 29.3. The van der Waals surface area contributed by atoms with Gasteiger partial charge in [0.2, 0.25) is 0 Å². The van der Waals surface area contributed by atoms with Crippen LogP contribution in [-0.4, -0.2) is 0 Å². The van der Waals surface area contributed by atoms with E-state index in [1.165, 1.54) is 76.8 Å². The Morgan fingerprint density at radius 2 is 0.692 bits per heavy atom. The van der Waals surface area contributed by atoms with Crippen molar-refractivity contribution in [2.75, 3.05) is 4.90 Å². The molecule has 0 saturated carbocycles. The molecule has 10 rings (SSSR count). The van der Waals surface area contributed by atoms with Crippen molar-refractivity contribution in [1.82, 2.24) is 0 Å². The van der Waals surface area contributed by atoms with Crippen LogP contribution in [0.4, 0.5) is 17.1 Å². The number of hydrogen-bond acceptors (Lipinski definition) is 1. The number of fused-ring (bicyclic) bond motifs is 9. The fraction of sp³-hybridized carbons (Fsp3) is 0.0588. The fourth-order valence-electron chi connectivity index (χ4n) is 8.57. The highest BCUT2D eigenvalue weighted by molar-refractivity contribution is 6.26. The Labute approximate surface area is 305 Å². The molecule has 9 aromatic carbocycles. The van der Waals surface area contributed by atoms with Crippen LogP contribution >= 0.6 is 0 Å². The van der Waals surface area contributed by atoms with E-state index in [4.69, 9.17) is 0 Å². The summed E-state index contributed by atoms with van der Waals surface area (Å²) < 4.78 is 0. The van der Waals surface area contributed by atoms with Gasteiger partial charge in [-0.05, 0) is 125 Å². The van der Waals surface area contributed by atoms with Gasteiger partial charge in [-0.2, -0.15) is 0 Å². The van der Waals surface area contributed by atoms with Crippen molar-refractivity contribution in [3.8, 4) is 33.4 Å². The second-order valence-electron chi connectivity index (χ2n) is 14.6. The monoisotopic (exact) mass is 663 g/mol. The van der Waals surface area contributed by atoms with Crippen LogP contribution in [0.1, 0.15) is 25.0 Å².